The maximum atomic E-state index is 12.4. The molecule has 3 rings (SSSR count). The Kier molecular flexibility index (Phi) is 5.97. The first-order valence-electron chi connectivity index (χ1n) is 8.10. The van der Waals surface area contributed by atoms with Crippen molar-refractivity contribution >= 4 is 56.2 Å². The molecule has 2 N–H and O–H groups in total. The van der Waals surface area contributed by atoms with Crippen molar-refractivity contribution in [2.75, 3.05) is 16.9 Å². The molecule has 150 valence electrons. The zero-order chi connectivity index (χ0) is 21.2. The average molecular weight is 453 g/mol. The second-order valence-corrected chi connectivity index (χ2v) is 8.83. The van der Waals surface area contributed by atoms with Gasteiger partial charge in [0.05, 0.1) is 26.9 Å². The van der Waals surface area contributed by atoms with Crippen LogP contribution in [0.25, 0.3) is 0 Å². The molecule has 0 aliphatic heterocycles. The highest BCUT2D eigenvalue weighted by atomic mass is 35.5. The summed E-state index contributed by atoms with van der Waals surface area (Å²) in [6.07, 6.45) is 2.45. The smallest absolute Gasteiger partial charge is 0.291 e. The topological polar surface area (TPSA) is 105 Å². The number of hydrogen-bond donors (Lipinski definition) is 2. The Labute approximate surface area is 176 Å². The summed E-state index contributed by atoms with van der Waals surface area (Å²) in [5.74, 6) is -0.890. The van der Waals surface area contributed by atoms with Gasteiger partial charge in [0.1, 0.15) is 0 Å². The van der Waals surface area contributed by atoms with Crippen LogP contribution >= 0.6 is 23.2 Å². The van der Waals surface area contributed by atoms with E-state index in [1.165, 1.54) is 48.7 Å². The van der Waals surface area contributed by atoms with Gasteiger partial charge in [-0.3, -0.25) is 9.59 Å². The summed E-state index contributed by atoms with van der Waals surface area (Å²) >= 11 is 12.4. The van der Waals surface area contributed by atoms with Crippen molar-refractivity contribution < 1.29 is 22.4 Å². The fraction of sp³-hybridized carbons (Fsp3) is 0.0526. The highest BCUT2D eigenvalue weighted by molar-refractivity contribution is 7.90. The quantitative estimate of drug-likeness (QED) is 0.592. The summed E-state index contributed by atoms with van der Waals surface area (Å²) in [5, 5.41) is 5.37. The van der Waals surface area contributed by atoms with E-state index in [4.69, 9.17) is 27.6 Å². The van der Waals surface area contributed by atoms with Crippen molar-refractivity contribution in [1.82, 2.24) is 0 Å². The van der Waals surface area contributed by atoms with Crippen molar-refractivity contribution in [2.24, 2.45) is 0 Å². The van der Waals surface area contributed by atoms with E-state index >= 15 is 0 Å². The molecule has 0 saturated heterocycles. The van der Waals surface area contributed by atoms with Crippen molar-refractivity contribution in [1.29, 1.82) is 0 Å². The molecule has 1 heterocycles. The fourth-order valence-electron chi connectivity index (χ4n) is 2.40. The monoisotopic (exact) mass is 452 g/mol. The summed E-state index contributed by atoms with van der Waals surface area (Å²) in [6.45, 7) is 0. The predicted molar refractivity (Wildman–Crippen MR) is 111 cm³/mol. The average Bonchev–Trinajstić information content (AvgIpc) is 3.19. The molecule has 10 heteroatoms. The van der Waals surface area contributed by atoms with Crippen LogP contribution in [0.2, 0.25) is 10.0 Å². The molecule has 0 atom stereocenters. The molecule has 0 radical (unpaired) electrons. The number of rotatable bonds is 5. The molecule has 0 fully saturated rings. The van der Waals surface area contributed by atoms with Crippen LogP contribution in [0.15, 0.2) is 64.1 Å². The lowest BCUT2D eigenvalue weighted by molar-refractivity contribution is 0.0994. The first-order chi connectivity index (χ1) is 13.6. The van der Waals surface area contributed by atoms with E-state index in [1.54, 1.807) is 6.07 Å². The maximum Gasteiger partial charge on any atom is 0.291 e. The number of amides is 2. The van der Waals surface area contributed by atoms with E-state index in [-0.39, 0.29) is 32.0 Å². The van der Waals surface area contributed by atoms with Gasteiger partial charge in [-0.2, -0.15) is 0 Å². The van der Waals surface area contributed by atoms with Crippen LogP contribution < -0.4 is 10.6 Å². The van der Waals surface area contributed by atoms with E-state index in [0.29, 0.717) is 5.69 Å². The molecule has 0 aliphatic carbocycles. The normalized spacial score (nSPS) is 11.1. The molecule has 0 spiro atoms. The molecule has 3 aromatic rings. The number of sulfone groups is 1. The number of halogens is 2. The minimum atomic E-state index is -3.36. The van der Waals surface area contributed by atoms with Gasteiger partial charge in [-0.15, -0.1) is 0 Å². The van der Waals surface area contributed by atoms with E-state index in [1.807, 2.05) is 0 Å². The summed E-state index contributed by atoms with van der Waals surface area (Å²) in [5.41, 5.74) is 0.693. The number of anilines is 2. The molecule has 29 heavy (non-hydrogen) atoms. The standard InChI is InChI=1S/C19H14Cl2N2O5S/c1-29(26,27)13-6-4-11(5-7-13)18(24)23-17-14(20)9-12(10-15(17)21)22-19(25)16-3-2-8-28-16/h2-10H,1H3,(H,22,25)(H,23,24). The molecule has 1 aromatic heterocycles. The van der Waals surface area contributed by atoms with Crippen molar-refractivity contribution in [2.45, 2.75) is 4.90 Å². The van der Waals surface area contributed by atoms with Crippen LogP contribution in [0, 0.1) is 0 Å². The van der Waals surface area contributed by atoms with Gasteiger partial charge in [0.25, 0.3) is 11.8 Å². The lowest BCUT2D eigenvalue weighted by atomic mass is 10.2. The summed E-state index contributed by atoms with van der Waals surface area (Å²) < 4.78 is 28.0. The fourth-order valence-corrected chi connectivity index (χ4v) is 3.62. The van der Waals surface area contributed by atoms with Gasteiger partial charge in [-0.05, 0) is 48.5 Å². The third-order valence-electron chi connectivity index (χ3n) is 3.83. The zero-order valence-electron chi connectivity index (χ0n) is 14.9. The first-order valence-corrected chi connectivity index (χ1v) is 10.8. The third-order valence-corrected chi connectivity index (χ3v) is 5.55. The third kappa shape index (κ3) is 4.97. The maximum absolute atomic E-state index is 12.4. The highest BCUT2D eigenvalue weighted by Crippen LogP contribution is 2.34. The summed E-state index contributed by atoms with van der Waals surface area (Å²) in [6, 6.07) is 11.4. The lowest BCUT2D eigenvalue weighted by Crippen LogP contribution is -2.14. The van der Waals surface area contributed by atoms with Gasteiger partial charge < -0.3 is 15.1 Å². The van der Waals surface area contributed by atoms with Crippen molar-refractivity contribution in [3.05, 3.63) is 76.2 Å². The van der Waals surface area contributed by atoms with Gasteiger partial charge in [-0.25, -0.2) is 8.42 Å². The van der Waals surface area contributed by atoms with Crippen molar-refractivity contribution in [3.63, 3.8) is 0 Å². The Hall–Kier alpha value is -2.81. The van der Waals surface area contributed by atoms with Crippen LogP contribution in [-0.4, -0.2) is 26.5 Å². The van der Waals surface area contributed by atoms with Crippen molar-refractivity contribution in [3.8, 4) is 0 Å². The van der Waals surface area contributed by atoms with Gasteiger partial charge in [0.2, 0.25) is 0 Å². The molecule has 2 aromatic carbocycles. The molecular formula is C19H14Cl2N2O5S. The van der Waals surface area contributed by atoms with Crippen LogP contribution in [0.3, 0.4) is 0 Å². The molecule has 0 unspecified atom stereocenters. The number of nitrogens with one attached hydrogen (secondary N) is 2. The summed E-state index contributed by atoms with van der Waals surface area (Å²) in [7, 11) is -3.36. The van der Waals surface area contributed by atoms with Gasteiger partial charge in [0.15, 0.2) is 15.6 Å². The molecule has 0 saturated carbocycles. The van der Waals surface area contributed by atoms with E-state index in [9.17, 15) is 18.0 Å². The van der Waals surface area contributed by atoms with Crippen LogP contribution in [0.5, 0.6) is 0 Å². The lowest BCUT2D eigenvalue weighted by Gasteiger charge is -2.12. The Balaban J connectivity index is 1.77. The number of benzene rings is 2. The second kappa shape index (κ2) is 8.28. The molecule has 0 aliphatic rings. The Bertz CT molecular complexity index is 1150. The number of carbonyl (C=O) groups excluding carboxylic acids is 2. The molecule has 7 nitrogen and oxygen atoms in total. The van der Waals surface area contributed by atoms with E-state index in [2.05, 4.69) is 10.6 Å². The number of hydrogen-bond acceptors (Lipinski definition) is 5. The van der Waals surface area contributed by atoms with Crippen LogP contribution in [0.4, 0.5) is 11.4 Å². The predicted octanol–water partition coefficient (Wildman–Crippen LogP) is 4.49. The minimum Gasteiger partial charge on any atom is -0.459 e. The molecular weight excluding hydrogens is 439 g/mol. The highest BCUT2D eigenvalue weighted by Gasteiger charge is 2.16. The van der Waals surface area contributed by atoms with Gasteiger partial charge >= 0.3 is 0 Å². The number of furan rings is 1. The first kappa shape index (κ1) is 20.9. The molecule has 2 amide bonds. The molecule has 0 bridgehead atoms. The van der Waals surface area contributed by atoms with Gasteiger partial charge in [-0.1, -0.05) is 23.2 Å². The largest absolute Gasteiger partial charge is 0.459 e. The van der Waals surface area contributed by atoms with Crippen LogP contribution in [-0.2, 0) is 9.84 Å². The Morgan fingerprint density at radius 2 is 1.55 bits per heavy atom. The van der Waals surface area contributed by atoms with E-state index in [0.717, 1.165) is 6.26 Å². The SMILES string of the molecule is CS(=O)(=O)c1ccc(C(=O)Nc2c(Cl)cc(NC(=O)c3ccco3)cc2Cl)cc1. The summed E-state index contributed by atoms with van der Waals surface area (Å²) in [4.78, 5) is 24.6. The zero-order valence-corrected chi connectivity index (χ0v) is 17.2. The number of carbonyl (C=O) groups is 2. The van der Waals surface area contributed by atoms with E-state index < -0.39 is 21.7 Å². The van der Waals surface area contributed by atoms with Crippen LogP contribution in [0.1, 0.15) is 20.9 Å². The minimum absolute atomic E-state index is 0.0989. The Morgan fingerprint density at radius 3 is 2.07 bits per heavy atom. The Morgan fingerprint density at radius 1 is 0.931 bits per heavy atom. The second-order valence-electron chi connectivity index (χ2n) is 6.00. The van der Waals surface area contributed by atoms with Gasteiger partial charge in [0, 0.05) is 17.5 Å².